The molecule has 12 heteroatoms. The highest BCUT2D eigenvalue weighted by atomic mass is 35.5. The maximum Gasteiger partial charge on any atom is 0.244 e. The number of benzene rings is 2. The molecule has 2 aromatic carbocycles. The van der Waals surface area contributed by atoms with Gasteiger partial charge in [0.05, 0.1) is 26.2 Å². The highest BCUT2D eigenvalue weighted by molar-refractivity contribution is 7.92. The summed E-state index contributed by atoms with van der Waals surface area (Å²) in [5.41, 5.74) is 0.699. The van der Waals surface area contributed by atoms with Crippen molar-refractivity contribution in [1.29, 1.82) is 0 Å². The van der Waals surface area contributed by atoms with Crippen molar-refractivity contribution in [2.45, 2.75) is 51.2 Å². The number of anilines is 1. The molecule has 1 aliphatic rings. The number of hydrogen-bond donors (Lipinski definition) is 1. The predicted octanol–water partition coefficient (Wildman–Crippen LogP) is 4.25. The molecule has 1 fully saturated rings. The number of amides is 2. The molecule has 38 heavy (non-hydrogen) atoms. The number of carbonyl (C=O) groups excluding carboxylic acids is 2. The third-order valence-electron chi connectivity index (χ3n) is 6.56. The van der Waals surface area contributed by atoms with Crippen molar-refractivity contribution in [3.8, 4) is 11.5 Å². The van der Waals surface area contributed by atoms with E-state index in [-0.39, 0.29) is 29.9 Å². The molecule has 0 bridgehead atoms. The molecule has 2 aromatic rings. The summed E-state index contributed by atoms with van der Waals surface area (Å²) in [4.78, 5) is 28.3. The van der Waals surface area contributed by atoms with Gasteiger partial charge in [0.2, 0.25) is 21.8 Å². The van der Waals surface area contributed by atoms with Crippen LogP contribution in [0, 0.1) is 0 Å². The van der Waals surface area contributed by atoms with Crippen LogP contribution < -0.4 is 19.1 Å². The maximum absolute atomic E-state index is 13.8. The third-order valence-corrected chi connectivity index (χ3v) is 8.27. The van der Waals surface area contributed by atoms with Crippen LogP contribution in [-0.4, -0.2) is 64.2 Å². The van der Waals surface area contributed by atoms with Crippen molar-refractivity contribution in [3.05, 3.63) is 52.0 Å². The summed E-state index contributed by atoms with van der Waals surface area (Å²) in [7, 11) is -1.10. The lowest BCUT2D eigenvalue weighted by Gasteiger charge is -2.32. The first kappa shape index (κ1) is 29.9. The van der Waals surface area contributed by atoms with Crippen LogP contribution in [0.1, 0.15) is 38.2 Å². The zero-order chi connectivity index (χ0) is 28.0. The number of sulfonamides is 1. The second-order valence-electron chi connectivity index (χ2n) is 9.23. The normalized spacial score (nSPS) is 14.6. The molecule has 0 unspecified atom stereocenters. The monoisotopic (exact) mass is 585 g/mol. The van der Waals surface area contributed by atoms with Crippen molar-refractivity contribution in [1.82, 2.24) is 10.2 Å². The van der Waals surface area contributed by atoms with Gasteiger partial charge in [-0.2, -0.15) is 0 Å². The summed E-state index contributed by atoms with van der Waals surface area (Å²) >= 11 is 12.4. The van der Waals surface area contributed by atoms with Crippen LogP contribution in [0.4, 0.5) is 5.69 Å². The summed E-state index contributed by atoms with van der Waals surface area (Å²) in [6.07, 6.45) is 4.83. The second-order valence-corrected chi connectivity index (χ2v) is 12.0. The van der Waals surface area contributed by atoms with Crippen molar-refractivity contribution in [3.63, 3.8) is 0 Å². The Balaban J connectivity index is 1.97. The van der Waals surface area contributed by atoms with Gasteiger partial charge in [-0.15, -0.1) is 0 Å². The van der Waals surface area contributed by atoms with Gasteiger partial charge in [0, 0.05) is 28.7 Å². The van der Waals surface area contributed by atoms with Crippen molar-refractivity contribution < 1.29 is 27.5 Å². The first-order valence-electron chi connectivity index (χ1n) is 12.2. The Morgan fingerprint density at radius 1 is 1.08 bits per heavy atom. The Morgan fingerprint density at radius 2 is 1.76 bits per heavy atom. The number of nitrogens with one attached hydrogen (secondary N) is 1. The largest absolute Gasteiger partial charge is 0.497 e. The number of rotatable bonds is 11. The SMILES string of the molecule is COc1ccc(OC)c(N(CC(=O)N(Cc2ccc(Cl)cc2Cl)[C@@H](C)C(=O)NC2CCCC2)S(C)(=O)=O)c1. The molecule has 0 aliphatic heterocycles. The summed E-state index contributed by atoms with van der Waals surface area (Å²) in [6, 6.07) is 8.66. The molecule has 208 valence electrons. The standard InChI is InChI=1S/C26H33Cl2N3O6S/c1-17(26(33)29-20-7-5-6-8-20)30(15-18-9-10-19(27)13-22(18)28)25(32)16-31(38(4,34)35)23-14-21(36-2)11-12-24(23)37-3/h9-14,17,20H,5-8,15-16H2,1-4H3,(H,29,33)/t17-/m0/s1. The summed E-state index contributed by atoms with van der Waals surface area (Å²) in [5, 5.41) is 3.77. The van der Waals surface area contributed by atoms with Crippen molar-refractivity contribution >= 4 is 50.7 Å². The van der Waals surface area contributed by atoms with Gasteiger partial charge >= 0.3 is 0 Å². The summed E-state index contributed by atoms with van der Waals surface area (Å²) in [6.45, 7) is 1.01. The van der Waals surface area contributed by atoms with Crippen LogP contribution >= 0.6 is 23.2 Å². The van der Waals surface area contributed by atoms with E-state index in [2.05, 4.69) is 5.32 Å². The summed E-state index contributed by atoms with van der Waals surface area (Å²) in [5.74, 6) is -0.292. The Labute approximate surface area is 234 Å². The second kappa shape index (κ2) is 12.9. The van der Waals surface area contributed by atoms with E-state index >= 15 is 0 Å². The quantitative estimate of drug-likeness (QED) is 0.422. The predicted molar refractivity (Wildman–Crippen MR) is 149 cm³/mol. The fourth-order valence-corrected chi connectivity index (χ4v) is 5.71. The van der Waals surface area contributed by atoms with Crippen LogP contribution in [0.15, 0.2) is 36.4 Å². The Bertz CT molecular complexity index is 1270. The molecule has 9 nitrogen and oxygen atoms in total. The van der Waals surface area contributed by atoms with E-state index in [0.717, 1.165) is 36.2 Å². The molecule has 1 aliphatic carbocycles. The van der Waals surface area contributed by atoms with Gasteiger partial charge in [0.15, 0.2) is 0 Å². The van der Waals surface area contributed by atoms with Crippen LogP contribution in [0.25, 0.3) is 0 Å². The van der Waals surface area contributed by atoms with E-state index in [1.807, 2.05) is 0 Å². The van der Waals surface area contributed by atoms with E-state index in [1.165, 1.54) is 25.2 Å². The highest BCUT2D eigenvalue weighted by Gasteiger charge is 2.32. The summed E-state index contributed by atoms with van der Waals surface area (Å²) < 4.78 is 37.3. The van der Waals surface area contributed by atoms with Crippen molar-refractivity contribution in [2.24, 2.45) is 0 Å². The lowest BCUT2D eigenvalue weighted by atomic mass is 10.1. The Kier molecular flexibility index (Phi) is 10.1. The minimum Gasteiger partial charge on any atom is -0.497 e. The van der Waals surface area contributed by atoms with Gasteiger partial charge in [0.1, 0.15) is 24.1 Å². The third kappa shape index (κ3) is 7.45. The minimum absolute atomic E-state index is 0.0268. The van der Waals surface area contributed by atoms with Crippen LogP contribution in [0.5, 0.6) is 11.5 Å². The molecular formula is C26H33Cl2N3O6S. The lowest BCUT2D eigenvalue weighted by molar-refractivity contribution is -0.139. The van der Waals surface area contributed by atoms with Crippen LogP contribution in [-0.2, 0) is 26.2 Å². The highest BCUT2D eigenvalue weighted by Crippen LogP contribution is 2.34. The Hall–Kier alpha value is -2.69. The molecule has 0 spiro atoms. The van der Waals surface area contributed by atoms with Gasteiger partial charge in [0.25, 0.3) is 0 Å². The number of nitrogens with zero attached hydrogens (tertiary/aromatic N) is 2. The van der Waals surface area contributed by atoms with E-state index in [0.29, 0.717) is 21.4 Å². The van der Waals surface area contributed by atoms with E-state index in [9.17, 15) is 18.0 Å². The number of ether oxygens (including phenoxy) is 2. The molecule has 0 aromatic heterocycles. The van der Waals surface area contributed by atoms with Gasteiger partial charge in [-0.05, 0) is 49.6 Å². The van der Waals surface area contributed by atoms with Gasteiger partial charge in [-0.25, -0.2) is 8.42 Å². The zero-order valence-corrected chi connectivity index (χ0v) is 24.2. The molecule has 1 saturated carbocycles. The van der Waals surface area contributed by atoms with Crippen molar-refractivity contribution in [2.75, 3.05) is 31.3 Å². The van der Waals surface area contributed by atoms with Gasteiger partial charge in [-0.1, -0.05) is 42.1 Å². The molecule has 0 saturated heterocycles. The average Bonchev–Trinajstić information content (AvgIpc) is 3.38. The maximum atomic E-state index is 13.8. The fraction of sp³-hybridized carbons (Fsp3) is 0.462. The first-order valence-corrected chi connectivity index (χ1v) is 14.8. The molecule has 1 N–H and O–H groups in total. The zero-order valence-electron chi connectivity index (χ0n) is 21.9. The molecule has 3 rings (SSSR count). The number of halogens is 2. The average molecular weight is 587 g/mol. The number of methoxy groups -OCH3 is 2. The van der Waals surface area contributed by atoms with Gasteiger partial charge < -0.3 is 19.7 Å². The van der Waals surface area contributed by atoms with Crippen LogP contribution in [0.2, 0.25) is 10.0 Å². The molecular weight excluding hydrogens is 553 g/mol. The molecule has 2 amide bonds. The van der Waals surface area contributed by atoms with E-state index < -0.39 is 28.5 Å². The van der Waals surface area contributed by atoms with E-state index in [1.54, 1.807) is 37.3 Å². The molecule has 0 heterocycles. The number of hydrogen-bond acceptors (Lipinski definition) is 6. The first-order chi connectivity index (χ1) is 17.9. The number of carbonyl (C=O) groups is 2. The topological polar surface area (TPSA) is 105 Å². The smallest absolute Gasteiger partial charge is 0.244 e. The Morgan fingerprint density at radius 3 is 2.34 bits per heavy atom. The lowest BCUT2D eigenvalue weighted by Crippen LogP contribution is -2.52. The molecule has 1 atom stereocenters. The van der Waals surface area contributed by atoms with E-state index in [4.69, 9.17) is 32.7 Å². The molecule has 0 radical (unpaired) electrons. The minimum atomic E-state index is -3.95. The van der Waals surface area contributed by atoms with Crippen LogP contribution in [0.3, 0.4) is 0 Å². The fourth-order valence-electron chi connectivity index (χ4n) is 4.39. The van der Waals surface area contributed by atoms with Gasteiger partial charge in [-0.3, -0.25) is 13.9 Å².